The number of nitrogens with zero attached hydrogens (tertiary/aromatic N) is 1. The van der Waals surface area contributed by atoms with Crippen molar-refractivity contribution in [2.45, 2.75) is 64.6 Å². The molecule has 2 rings (SSSR count). The van der Waals surface area contributed by atoms with Crippen molar-refractivity contribution in [3.8, 4) is 11.5 Å². The SMILES string of the molecule is COc1cc(CN(CC=O)C2CCC(C)CC2)ccc1OC(C)(C)C(=O)O. The molecule has 0 aliphatic heterocycles. The first-order valence-electron chi connectivity index (χ1n) is 9.53. The first-order chi connectivity index (χ1) is 12.8. The van der Waals surface area contributed by atoms with Gasteiger partial charge in [0.15, 0.2) is 17.1 Å². The molecule has 1 N–H and O–H groups in total. The molecule has 0 bridgehead atoms. The Morgan fingerprint density at radius 3 is 2.48 bits per heavy atom. The van der Waals surface area contributed by atoms with E-state index in [1.54, 1.807) is 6.07 Å². The summed E-state index contributed by atoms with van der Waals surface area (Å²) in [5.74, 6) is 0.595. The van der Waals surface area contributed by atoms with Crippen molar-refractivity contribution in [3.63, 3.8) is 0 Å². The van der Waals surface area contributed by atoms with Gasteiger partial charge in [0.05, 0.1) is 13.7 Å². The van der Waals surface area contributed by atoms with Crippen LogP contribution in [0.3, 0.4) is 0 Å². The smallest absolute Gasteiger partial charge is 0.347 e. The molecule has 0 spiro atoms. The topological polar surface area (TPSA) is 76.1 Å². The summed E-state index contributed by atoms with van der Waals surface area (Å²) < 4.78 is 11.0. The zero-order valence-electron chi connectivity index (χ0n) is 16.7. The van der Waals surface area contributed by atoms with E-state index in [0.717, 1.165) is 30.6 Å². The number of hydrogen-bond acceptors (Lipinski definition) is 5. The molecule has 0 heterocycles. The predicted octanol–water partition coefficient (Wildman–Crippen LogP) is 3.52. The Kier molecular flexibility index (Phi) is 7.25. The molecule has 0 atom stereocenters. The first kappa shape index (κ1) is 21.2. The Bertz CT molecular complexity index is 650. The summed E-state index contributed by atoms with van der Waals surface area (Å²) in [7, 11) is 1.53. The lowest BCUT2D eigenvalue weighted by molar-refractivity contribution is -0.152. The van der Waals surface area contributed by atoms with Crippen LogP contribution in [0.25, 0.3) is 0 Å². The third-order valence-electron chi connectivity index (χ3n) is 5.30. The lowest BCUT2D eigenvalue weighted by atomic mass is 9.86. The average molecular weight is 377 g/mol. The van der Waals surface area contributed by atoms with Crippen LogP contribution >= 0.6 is 0 Å². The van der Waals surface area contributed by atoms with Gasteiger partial charge in [-0.1, -0.05) is 13.0 Å². The van der Waals surface area contributed by atoms with E-state index in [1.165, 1.54) is 33.8 Å². The molecule has 1 aliphatic carbocycles. The number of hydrogen-bond donors (Lipinski definition) is 1. The maximum atomic E-state index is 11.3. The fraction of sp³-hybridized carbons (Fsp3) is 0.619. The number of benzene rings is 1. The van der Waals surface area contributed by atoms with Crippen molar-refractivity contribution in [2.75, 3.05) is 13.7 Å². The van der Waals surface area contributed by atoms with E-state index in [9.17, 15) is 14.7 Å². The lowest BCUT2D eigenvalue weighted by Crippen LogP contribution is -2.38. The number of aliphatic carboxylic acids is 1. The highest BCUT2D eigenvalue weighted by Crippen LogP contribution is 2.33. The summed E-state index contributed by atoms with van der Waals surface area (Å²) in [6, 6.07) is 5.91. The molecule has 1 saturated carbocycles. The zero-order chi connectivity index (χ0) is 20.0. The van der Waals surface area contributed by atoms with Gasteiger partial charge in [-0.3, -0.25) is 4.90 Å². The number of carbonyl (C=O) groups is 2. The quantitative estimate of drug-likeness (QED) is 0.664. The second kappa shape index (κ2) is 9.22. The molecule has 6 heteroatoms. The molecule has 0 radical (unpaired) electrons. The van der Waals surface area contributed by atoms with E-state index >= 15 is 0 Å². The summed E-state index contributed by atoms with van der Waals surface area (Å²) >= 11 is 0. The monoisotopic (exact) mass is 377 g/mol. The fourth-order valence-electron chi connectivity index (χ4n) is 3.49. The number of ether oxygens (including phenoxy) is 2. The highest BCUT2D eigenvalue weighted by Gasteiger charge is 2.31. The maximum Gasteiger partial charge on any atom is 0.347 e. The number of carboxylic acid groups (broad SMARTS) is 1. The molecular formula is C21H31NO5. The third-order valence-corrected chi connectivity index (χ3v) is 5.30. The molecule has 150 valence electrons. The molecule has 0 aromatic heterocycles. The molecule has 1 aromatic carbocycles. The van der Waals surface area contributed by atoms with Crippen molar-refractivity contribution in [2.24, 2.45) is 5.92 Å². The van der Waals surface area contributed by atoms with Crippen LogP contribution in [0.5, 0.6) is 11.5 Å². The van der Waals surface area contributed by atoms with Gasteiger partial charge < -0.3 is 19.4 Å². The number of aldehydes is 1. The normalized spacial score (nSPS) is 20.3. The van der Waals surface area contributed by atoms with Gasteiger partial charge in [0.1, 0.15) is 6.29 Å². The lowest BCUT2D eigenvalue weighted by Gasteiger charge is -2.35. The van der Waals surface area contributed by atoms with Gasteiger partial charge in [-0.2, -0.15) is 0 Å². The summed E-state index contributed by atoms with van der Waals surface area (Å²) in [5, 5.41) is 9.26. The molecule has 1 fully saturated rings. The summed E-state index contributed by atoms with van der Waals surface area (Å²) in [6.45, 7) is 6.34. The molecule has 0 unspecified atom stereocenters. The van der Waals surface area contributed by atoms with Crippen LogP contribution < -0.4 is 9.47 Å². The van der Waals surface area contributed by atoms with Gasteiger partial charge in [0.2, 0.25) is 0 Å². The molecule has 0 saturated heterocycles. The van der Waals surface area contributed by atoms with Crippen LogP contribution in [0.1, 0.15) is 52.0 Å². The van der Waals surface area contributed by atoms with Crippen molar-refractivity contribution >= 4 is 12.3 Å². The van der Waals surface area contributed by atoms with Crippen molar-refractivity contribution < 1.29 is 24.2 Å². The third kappa shape index (κ3) is 5.70. The van der Waals surface area contributed by atoms with Gasteiger partial charge in [-0.05, 0) is 63.1 Å². The van der Waals surface area contributed by atoms with Gasteiger partial charge >= 0.3 is 5.97 Å². The van der Waals surface area contributed by atoms with E-state index in [-0.39, 0.29) is 0 Å². The maximum absolute atomic E-state index is 11.3. The number of rotatable bonds is 9. The summed E-state index contributed by atoms with van der Waals surface area (Å²) in [4.78, 5) is 24.7. The van der Waals surface area contributed by atoms with Crippen LogP contribution in [0.2, 0.25) is 0 Å². The van der Waals surface area contributed by atoms with Crippen LogP contribution in [0.4, 0.5) is 0 Å². The second-order valence-corrected chi connectivity index (χ2v) is 7.91. The van der Waals surface area contributed by atoms with E-state index in [1.807, 2.05) is 12.1 Å². The Morgan fingerprint density at radius 1 is 1.26 bits per heavy atom. The van der Waals surface area contributed by atoms with E-state index in [0.29, 0.717) is 30.6 Å². The first-order valence-corrected chi connectivity index (χ1v) is 9.53. The Hall–Kier alpha value is -2.08. The van der Waals surface area contributed by atoms with Gasteiger partial charge in [-0.15, -0.1) is 0 Å². The van der Waals surface area contributed by atoms with Gasteiger partial charge in [-0.25, -0.2) is 4.79 Å². The fourth-order valence-corrected chi connectivity index (χ4v) is 3.49. The molecule has 1 aliphatic rings. The minimum atomic E-state index is -1.35. The molecule has 27 heavy (non-hydrogen) atoms. The minimum absolute atomic E-state index is 0.391. The number of carbonyl (C=O) groups excluding carboxylic acids is 1. The second-order valence-electron chi connectivity index (χ2n) is 7.91. The minimum Gasteiger partial charge on any atom is -0.493 e. The van der Waals surface area contributed by atoms with Crippen LogP contribution in [-0.4, -0.2) is 47.6 Å². The largest absolute Gasteiger partial charge is 0.493 e. The average Bonchev–Trinajstić information content (AvgIpc) is 2.63. The van der Waals surface area contributed by atoms with Crippen molar-refractivity contribution in [3.05, 3.63) is 23.8 Å². The van der Waals surface area contributed by atoms with Crippen LogP contribution in [0.15, 0.2) is 18.2 Å². The standard InChI is InChI=1S/C21H31NO5/c1-15-5-8-17(9-6-15)22(11-12-23)14-16-7-10-18(19(13-16)26-4)27-21(2,3)20(24)25/h7,10,12-13,15,17H,5-6,8-9,11,14H2,1-4H3,(H,24,25). The van der Waals surface area contributed by atoms with Crippen molar-refractivity contribution in [1.29, 1.82) is 0 Å². The molecule has 6 nitrogen and oxygen atoms in total. The predicted molar refractivity (Wildman–Crippen MR) is 103 cm³/mol. The molecule has 1 aromatic rings. The Labute approximate surface area is 161 Å². The summed E-state index contributed by atoms with van der Waals surface area (Å²) in [6.07, 6.45) is 5.57. The van der Waals surface area contributed by atoms with Gasteiger partial charge in [0.25, 0.3) is 0 Å². The van der Waals surface area contributed by atoms with Crippen LogP contribution in [0, 0.1) is 5.92 Å². The molecule has 0 amide bonds. The Balaban J connectivity index is 2.15. The molecular weight excluding hydrogens is 346 g/mol. The van der Waals surface area contributed by atoms with E-state index < -0.39 is 11.6 Å². The number of carboxylic acids is 1. The highest BCUT2D eigenvalue weighted by atomic mass is 16.5. The highest BCUT2D eigenvalue weighted by molar-refractivity contribution is 5.77. The van der Waals surface area contributed by atoms with Gasteiger partial charge in [0, 0.05) is 12.6 Å². The van der Waals surface area contributed by atoms with E-state index in [2.05, 4.69) is 11.8 Å². The van der Waals surface area contributed by atoms with E-state index in [4.69, 9.17) is 9.47 Å². The summed E-state index contributed by atoms with van der Waals surface area (Å²) in [5.41, 5.74) is -0.343. The number of methoxy groups -OCH3 is 1. The zero-order valence-corrected chi connectivity index (χ0v) is 16.7. The van der Waals surface area contributed by atoms with Crippen LogP contribution in [-0.2, 0) is 16.1 Å². The van der Waals surface area contributed by atoms with Crippen molar-refractivity contribution in [1.82, 2.24) is 4.90 Å². The Morgan fingerprint density at radius 2 is 1.93 bits per heavy atom.